The zero-order valence-electron chi connectivity index (χ0n) is 15.2. The van der Waals surface area contributed by atoms with Gasteiger partial charge in [0.15, 0.2) is 17.3 Å². The SMILES string of the molecule is O=C(CCc1ccc(O)c(O)c1)NCCCNc1n[nH]c(=O)c2ccccc12. The third-order valence-electron chi connectivity index (χ3n) is 4.34. The van der Waals surface area contributed by atoms with E-state index in [2.05, 4.69) is 20.8 Å². The summed E-state index contributed by atoms with van der Waals surface area (Å²) in [7, 11) is 0. The van der Waals surface area contributed by atoms with Crippen molar-refractivity contribution < 1.29 is 15.0 Å². The number of nitrogens with zero attached hydrogens (tertiary/aromatic N) is 1. The molecule has 8 nitrogen and oxygen atoms in total. The first-order valence-electron chi connectivity index (χ1n) is 9.03. The molecule has 5 N–H and O–H groups in total. The lowest BCUT2D eigenvalue weighted by Crippen LogP contribution is -2.26. The number of aromatic amines is 1. The summed E-state index contributed by atoms with van der Waals surface area (Å²) >= 11 is 0. The van der Waals surface area contributed by atoms with Gasteiger partial charge in [-0.25, -0.2) is 5.10 Å². The molecule has 0 saturated carbocycles. The quantitative estimate of drug-likeness (QED) is 0.299. The van der Waals surface area contributed by atoms with Crippen molar-refractivity contribution in [3.63, 3.8) is 0 Å². The number of amides is 1. The van der Waals surface area contributed by atoms with Gasteiger partial charge in [0.25, 0.3) is 5.56 Å². The molecule has 0 bridgehead atoms. The van der Waals surface area contributed by atoms with Crippen molar-refractivity contribution in [1.82, 2.24) is 15.5 Å². The predicted octanol–water partition coefficient (Wildman–Crippen LogP) is 1.89. The summed E-state index contributed by atoms with van der Waals surface area (Å²) in [5.41, 5.74) is 0.554. The molecule has 1 aromatic heterocycles. The van der Waals surface area contributed by atoms with Crippen LogP contribution < -0.4 is 16.2 Å². The van der Waals surface area contributed by atoms with Gasteiger partial charge in [0, 0.05) is 24.9 Å². The fourth-order valence-corrected chi connectivity index (χ4v) is 2.84. The molecule has 0 unspecified atom stereocenters. The molecule has 1 amide bonds. The molecule has 0 aliphatic carbocycles. The number of anilines is 1. The number of H-pyrrole nitrogens is 1. The van der Waals surface area contributed by atoms with Crippen LogP contribution in [-0.2, 0) is 11.2 Å². The van der Waals surface area contributed by atoms with Crippen molar-refractivity contribution in [3.05, 3.63) is 58.4 Å². The Balaban J connectivity index is 1.40. The van der Waals surface area contributed by atoms with Crippen LogP contribution in [0.3, 0.4) is 0 Å². The highest BCUT2D eigenvalue weighted by Crippen LogP contribution is 2.25. The topological polar surface area (TPSA) is 127 Å². The number of fused-ring (bicyclic) bond motifs is 1. The van der Waals surface area contributed by atoms with Gasteiger partial charge in [-0.3, -0.25) is 9.59 Å². The Morgan fingerprint density at radius 1 is 1.04 bits per heavy atom. The van der Waals surface area contributed by atoms with E-state index < -0.39 is 0 Å². The van der Waals surface area contributed by atoms with Crippen molar-refractivity contribution in [2.24, 2.45) is 0 Å². The van der Waals surface area contributed by atoms with Crippen LogP contribution in [0, 0.1) is 0 Å². The van der Waals surface area contributed by atoms with Crippen LogP contribution in [0.25, 0.3) is 10.8 Å². The molecule has 3 aromatic rings. The lowest BCUT2D eigenvalue weighted by atomic mass is 10.1. The Hall–Kier alpha value is -3.55. The number of carbonyl (C=O) groups is 1. The summed E-state index contributed by atoms with van der Waals surface area (Å²) in [6.45, 7) is 1.10. The third kappa shape index (κ3) is 4.79. The first-order valence-corrected chi connectivity index (χ1v) is 9.03. The smallest absolute Gasteiger partial charge is 0.272 e. The number of phenolic OH excluding ortho intramolecular Hbond substituents is 2. The molecule has 0 aliphatic rings. The highest BCUT2D eigenvalue weighted by atomic mass is 16.3. The third-order valence-corrected chi connectivity index (χ3v) is 4.34. The van der Waals surface area contributed by atoms with E-state index in [4.69, 9.17) is 0 Å². The molecule has 0 saturated heterocycles. The molecule has 28 heavy (non-hydrogen) atoms. The van der Waals surface area contributed by atoms with E-state index in [1.54, 1.807) is 18.2 Å². The number of rotatable bonds is 8. The minimum atomic E-state index is -0.227. The number of hydrogen-bond donors (Lipinski definition) is 5. The second-order valence-corrected chi connectivity index (χ2v) is 6.40. The Labute approximate surface area is 161 Å². The van der Waals surface area contributed by atoms with Crippen LogP contribution in [-0.4, -0.2) is 39.4 Å². The first kappa shape index (κ1) is 19.2. The second kappa shape index (κ2) is 8.90. The monoisotopic (exact) mass is 382 g/mol. The lowest BCUT2D eigenvalue weighted by molar-refractivity contribution is -0.121. The lowest BCUT2D eigenvalue weighted by Gasteiger charge is -2.09. The van der Waals surface area contributed by atoms with Gasteiger partial charge >= 0.3 is 0 Å². The summed E-state index contributed by atoms with van der Waals surface area (Å²) in [5, 5.41) is 32.6. The number of nitrogens with one attached hydrogen (secondary N) is 3. The minimum absolute atomic E-state index is 0.0832. The predicted molar refractivity (Wildman–Crippen MR) is 107 cm³/mol. The van der Waals surface area contributed by atoms with E-state index in [1.165, 1.54) is 12.1 Å². The number of aromatic hydroxyl groups is 2. The van der Waals surface area contributed by atoms with Crippen LogP contribution >= 0.6 is 0 Å². The Morgan fingerprint density at radius 2 is 1.82 bits per heavy atom. The summed E-state index contributed by atoms with van der Waals surface area (Å²) < 4.78 is 0. The van der Waals surface area contributed by atoms with E-state index in [0.717, 1.165) is 10.9 Å². The zero-order valence-corrected chi connectivity index (χ0v) is 15.2. The molecule has 8 heteroatoms. The fourth-order valence-electron chi connectivity index (χ4n) is 2.84. The maximum absolute atomic E-state index is 11.9. The summed E-state index contributed by atoms with van der Waals surface area (Å²) in [6.07, 6.45) is 1.47. The van der Waals surface area contributed by atoms with Gasteiger partial charge in [-0.05, 0) is 36.6 Å². The normalized spacial score (nSPS) is 10.7. The maximum atomic E-state index is 11.9. The molecule has 0 fully saturated rings. The summed E-state index contributed by atoms with van der Waals surface area (Å²) in [5.74, 6) is 0.159. The van der Waals surface area contributed by atoms with Gasteiger partial charge in [0.05, 0.1) is 5.39 Å². The number of benzene rings is 2. The highest BCUT2D eigenvalue weighted by molar-refractivity contribution is 5.90. The number of aromatic nitrogens is 2. The van der Waals surface area contributed by atoms with Crippen LogP contribution in [0.5, 0.6) is 11.5 Å². The molecule has 0 spiro atoms. The molecule has 0 radical (unpaired) electrons. The van der Waals surface area contributed by atoms with Crippen molar-refractivity contribution in [2.45, 2.75) is 19.3 Å². The molecule has 1 heterocycles. The Morgan fingerprint density at radius 3 is 2.61 bits per heavy atom. The molecular weight excluding hydrogens is 360 g/mol. The van der Waals surface area contributed by atoms with Crippen molar-refractivity contribution in [2.75, 3.05) is 18.4 Å². The maximum Gasteiger partial charge on any atom is 0.272 e. The number of aryl methyl sites for hydroxylation is 1. The highest BCUT2D eigenvalue weighted by Gasteiger charge is 2.06. The van der Waals surface area contributed by atoms with Crippen molar-refractivity contribution >= 4 is 22.5 Å². The van der Waals surface area contributed by atoms with Gasteiger partial charge in [0.2, 0.25) is 5.91 Å². The van der Waals surface area contributed by atoms with E-state index in [9.17, 15) is 19.8 Å². The van der Waals surface area contributed by atoms with Crippen LogP contribution in [0.4, 0.5) is 5.82 Å². The van der Waals surface area contributed by atoms with Crippen LogP contribution in [0.2, 0.25) is 0 Å². The summed E-state index contributed by atoms with van der Waals surface area (Å²) in [4.78, 5) is 23.7. The fraction of sp³-hybridized carbons (Fsp3) is 0.250. The van der Waals surface area contributed by atoms with E-state index in [-0.39, 0.29) is 23.0 Å². The Kier molecular flexibility index (Phi) is 6.11. The van der Waals surface area contributed by atoms with Crippen LogP contribution in [0.1, 0.15) is 18.4 Å². The van der Waals surface area contributed by atoms with E-state index in [0.29, 0.717) is 43.6 Å². The molecule has 146 valence electrons. The molecular formula is C20H22N4O4. The molecule has 3 rings (SSSR count). The molecule has 2 aromatic carbocycles. The zero-order chi connectivity index (χ0) is 19.9. The average Bonchev–Trinajstić information content (AvgIpc) is 2.70. The largest absolute Gasteiger partial charge is 0.504 e. The summed E-state index contributed by atoms with van der Waals surface area (Å²) in [6, 6.07) is 11.8. The second-order valence-electron chi connectivity index (χ2n) is 6.40. The van der Waals surface area contributed by atoms with Gasteiger partial charge in [-0.15, -0.1) is 0 Å². The van der Waals surface area contributed by atoms with Crippen LogP contribution in [0.15, 0.2) is 47.3 Å². The van der Waals surface area contributed by atoms with E-state index in [1.807, 2.05) is 12.1 Å². The number of hydrogen-bond acceptors (Lipinski definition) is 6. The minimum Gasteiger partial charge on any atom is -0.504 e. The van der Waals surface area contributed by atoms with Crippen molar-refractivity contribution in [1.29, 1.82) is 0 Å². The van der Waals surface area contributed by atoms with Crippen molar-refractivity contribution in [3.8, 4) is 11.5 Å². The average molecular weight is 382 g/mol. The standard InChI is InChI=1S/C20H22N4O4/c25-16-8-6-13(12-17(16)26)7-9-18(27)21-10-3-11-22-19-14-4-1-2-5-15(14)20(28)24-23-19/h1-2,4-6,8,12,25-26H,3,7,9-11H2,(H,21,27)(H,22,23)(H,24,28). The van der Waals surface area contributed by atoms with Gasteiger partial charge < -0.3 is 20.8 Å². The number of phenols is 2. The molecule has 0 atom stereocenters. The van der Waals surface area contributed by atoms with Gasteiger partial charge in [-0.2, -0.15) is 5.10 Å². The van der Waals surface area contributed by atoms with Gasteiger partial charge in [-0.1, -0.05) is 24.3 Å². The Bertz CT molecular complexity index is 1030. The van der Waals surface area contributed by atoms with E-state index >= 15 is 0 Å². The van der Waals surface area contributed by atoms with Gasteiger partial charge in [0.1, 0.15) is 0 Å². The molecule has 0 aliphatic heterocycles. The first-order chi connectivity index (χ1) is 13.5. The number of carbonyl (C=O) groups excluding carboxylic acids is 1.